The first-order valence-corrected chi connectivity index (χ1v) is 11.8. The molecule has 1 saturated heterocycles. The smallest absolute Gasteiger partial charge is 0.280 e. The van der Waals surface area contributed by atoms with Gasteiger partial charge in [0.05, 0.1) is 19.6 Å². The fourth-order valence-corrected chi connectivity index (χ4v) is 5.23. The van der Waals surface area contributed by atoms with Crippen LogP contribution in [0.25, 0.3) is 10.9 Å². The number of carbonyl (C=O) groups excluding carboxylic acids is 1. The van der Waals surface area contributed by atoms with Crippen LogP contribution in [0.3, 0.4) is 0 Å². The maximum Gasteiger partial charge on any atom is 0.280 e. The zero-order valence-electron chi connectivity index (χ0n) is 19.7. The minimum Gasteiger partial charge on any atom is -0.497 e. The summed E-state index contributed by atoms with van der Waals surface area (Å²) in [5.41, 5.74) is 3.63. The molecule has 32 heavy (non-hydrogen) atoms. The van der Waals surface area contributed by atoms with Gasteiger partial charge in [0.1, 0.15) is 5.75 Å². The summed E-state index contributed by atoms with van der Waals surface area (Å²) in [5, 5.41) is 3.45. The molecule has 5 heteroatoms. The maximum atomic E-state index is 13.2. The van der Waals surface area contributed by atoms with Crippen molar-refractivity contribution < 1.29 is 14.8 Å². The average Bonchev–Trinajstić information content (AvgIpc) is 3.22. The van der Waals surface area contributed by atoms with Gasteiger partial charge in [-0.15, -0.1) is 0 Å². The van der Waals surface area contributed by atoms with Gasteiger partial charge in [0.15, 0.2) is 6.04 Å². The first-order valence-electron chi connectivity index (χ1n) is 11.8. The molecule has 0 saturated carbocycles. The Morgan fingerprint density at radius 1 is 1.12 bits per heavy atom. The number of rotatable bonds is 7. The molecule has 3 N–H and O–H groups in total. The summed E-state index contributed by atoms with van der Waals surface area (Å²) < 4.78 is 5.36. The van der Waals surface area contributed by atoms with Crippen molar-refractivity contribution in [1.82, 2.24) is 9.88 Å². The Kier molecular flexibility index (Phi) is 6.85. The normalized spacial score (nSPS) is 20.8. The minimum absolute atomic E-state index is 0.0987. The summed E-state index contributed by atoms with van der Waals surface area (Å²) in [6, 6.07) is 16.6. The van der Waals surface area contributed by atoms with Gasteiger partial charge in [0.25, 0.3) is 5.91 Å². The number of para-hydroxylation sites is 1. The highest BCUT2D eigenvalue weighted by Crippen LogP contribution is 2.31. The number of fused-ring (bicyclic) bond motifs is 1. The number of aromatic amines is 1. The number of aromatic nitrogens is 1. The number of quaternary nitrogens is 1. The predicted octanol–water partition coefficient (Wildman–Crippen LogP) is 3.76. The Morgan fingerprint density at radius 3 is 2.50 bits per heavy atom. The molecule has 4 rings (SSSR count). The molecule has 170 valence electrons. The molecule has 0 spiro atoms. The van der Waals surface area contributed by atoms with Gasteiger partial charge in [0, 0.05) is 30.2 Å². The molecule has 2 heterocycles. The van der Waals surface area contributed by atoms with E-state index in [-0.39, 0.29) is 17.9 Å². The van der Waals surface area contributed by atoms with E-state index in [1.165, 1.54) is 22.9 Å². The zero-order chi connectivity index (χ0) is 22.7. The fourth-order valence-electron chi connectivity index (χ4n) is 5.23. The predicted molar refractivity (Wildman–Crippen MR) is 129 cm³/mol. The Hall–Kier alpha value is -2.79. The Balaban J connectivity index is 1.54. The molecule has 0 aliphatic carbocycles. The standard InChI is InChI=1S/C27H35N3O2/c1-18-13-19(2)17-30(16-18)27(31)20(3)28-14-24(21-9-11-22(32-4)12-10-21)25-15-29-26-8-6-5-7-23(25)26/h5-12,15,18-20,24,28-29H,13-14,16-17H2,1-4H3/p+1/t18-,19-,20-,24+/m1/s1. The van der Waals surface area contributed by atoms with E-state index in [4.69, 9.17) is 4.74 Å². The Bertz CT molecular complexity index is 1030. The number of benzene rings is 2. The van der Waals surface area contributed by atoms with E-state index in [2.05, 4.69) is 71.6 Å². The highest BCUT2D eigenvalue weighted by atomic mass is 16.5. The third-order valence-corrected chi connectivity index (χ3v) is 6.81. The molecule has 1 aliphatic rings. The number of methoxy groups -OCH3 is 1. The molecule has 2 aromatic carbocycles. The second kappa shape index (κ2) is 9.78. The van der Waals surface area contributed by atoms with Crippen LogP contribution < -0.4 is 10.1 Å². The van der Waals surface area contributed by atoms with Gasteiger partial charge in [-0.3, -0.25) is 4.79 Å². The molecule has 1 aliphatic heterocycles. The molecule has 4 atom stereocenters. The van der Waals surface area contributed by atoms with Crippen LogP contribution in [0.15, 0.2) is 54.7 Å². The zero-order valence-corrected chi connectivity index (χ0v) is 19.7. The molecule has 1 amide bonds. The number of hydrogen-bond acceptors (Lipinski definition) is 2. The van der Waals surface area contributed by atoms with Crippen LogP contribution in [-0.2, 0) is 4.79 Å². The lowest BCUT2D eigenvalue weighted by molar-refractivity contribution is -0.675. The van der Waals surface area contributed by atoms with Gasteiger partial charge in [-0.1, -0.05) is 44.2 Å². The summed E-state index contributed by atoms with van der Waals surface area (Å²) >= 11 is 0. The first kappa shape index (κ1) is 22.4. The van der Waals surface area contributed by atoms with Crippen LogP contribution >= 0.6 is 0 Å². The third-order valence-electron chi connectivity index (χ3n) is 6.81. The second-order valence-electron chi connectivity index (χ2n) is 9.56. The SMILES string of the molecule is COc1ccc([C@H](C[NH2+][C@H](C)C(=O)N2C[C@H](C)C[C@@H](C)C2)c2c[nH]c3ccccc23)cc1. The van der Waals surface area contributed by atoms with Crippen molar-refractivity contribution in [3.05, 3.63) is 65.9 Å². The van der Waals surface area contributed by atoms with Gasteiger partial charge in [-0.05, 0) is 54.5 Å². The number of hydrogen-bond donors (Lipinski definition) is 2. The first-order chi connectivity index (χ1) is 15.5. The number of H-pyrrole nitrogens is 1. The highest BCUT2D eigenvalue weighted by Gasteiger charge is 2.31. The molecule has 5 nitrogen and oxygen atoms in total. The lowest BCUT2D eigenvalue weighted by atomic mass is 9.90. The van der Waals surface area contributed by atoms with Gasteiger partial charge < -0.3 is 19.9 Å². The average molecular weight is 435 g/mol. The van der Waals surface area contributed by atoms with Gasteiger partial charge >= 0.3 is 0 Å². The van der Waals surface area contributed by atoms with Crippen LogP contribution in [-0.4, -0.2) is 48.6 Å². The summed E-state index contributed by atoms with van der Waals surface area (Å²) in [5.74, 6) is 2.44. The van der Waals surface area contributed by atoms with E-state index in [0.29, 0.717) is 11.8 Å². The molecule has 0 radical (unpaired) electrons. The number of nitrogens with two attached hydrogens (primary N) is 1. The number of likely N-dealkylation sites (tertiary alicyclic amines) is 1. The van der Waals surface area contributed by atoms with Crippen molar-refractivity contribution in [3.8, 4) is 5.75 Å². The monoisotopic (exact) mass is 434 g/mol. The molecule has 0 bridgehead atoms. The number of amides is 1. The van der Waals surface area contributed by atoms with Crippen molar-refractivity contribution in [1.29, 1.82) is 0 Å². The van der Waals surface area contributed by atoms with Crippen molar-refractivity contribution in [2.24, 2.45) is 11.8 Å². The number of piperidine rings is 1. The summed E-state index contributed by atoms with van der Waals surface area (Å²) in [4.78, 5) is 18.7. The summed E-state index contributed by atoms with van der Waals surface area (Å²) in [7, 11) is 1.69. The maximum absolute atomic E-state index is 13.2. The van der Waals surface area contributed by atoms with Gasteiger partial charge in [-0.25, -0.2) is 0 Å². The van der Waals surface area contributed by atoms with Crippen molar-refractivity contribution in [3.63, 3.8) is 0 Å². The van der Waals surface area contributed by atoms with Crippen molar-refractivity contribution in [2.45, 2.75) is 39.2 Å². The topological polar surface area (TPSA) is 61.9 Å². The highest BCUT2D eigenvalue weighted by molar-refractivity contribution is 5.84. The Labute approximate surface area is 191 Å². The fraction of sp³-hybridized carbons (Fsp3) is 0.444. The minimum atomic E-state index is -0.0987. The number of carbonyl (C=O) groups is 1. The lowest BCUT2D eigenvalue weighted by Crippen LogP contribution is -2.92. The third kappa shape index (κ3) is 4.83. The van der Waals surface area contributed by atoms with Crippen LogP contribution in [0, 0.1) is 11.8 Å². The molecule has 3 aromatic rings. The van der Waals surface area contributed by atoms with Crippen LogP contribution in [0.4, 0.5) is 0 Å². The van der Waals surface area contributed by atoms with Crippen molar-refractivity contribution >= 4 is 16.8 Å². The largest absolute Gasteiger partial charge is 0.497 e. The number of nitrogens with one attached hydrogen (secondary N) is 1. The molecular formula is C27H36N3O2+. The molecule has 1 aromatic heterocycles. The quantitative estimate of drug-likeness (QED) is 0.595. The molecule has 1 fully saturated rings. The van der Waals surface area contributed by atoms with Crippen LogP contribution in [0.2, 0.25) is 0 Å². The Morgan fingerprint density at radius 2 is 1.81 bits per heavy atom. The van der Waals surface area contributed by atoms with Crippen LogP contribution in [0.1, 0.15) is 44.2 Å². The number of nitrogens with zero attached hydrogens (tertiary/aromatic N) is 1. The van der Waals surface area contributed by atoms with E-state index >= 15 is 0 Å². The van der Waals surface area contributed by atoms with Crippen LogP contribution in [0.5, 0.6) is 5.75 Å². The van der Waals surface area contributed by atoms with E-state index in [0.717, 1.165) is 30.9 Å². The van der Waals surface area contributed by atoms with Gasteiger partial charge in [0.2, 0.25) is 0 Å². The lowest BCUT2D eigenvalue weighted by Gasteiger charge is -2.35. The summed E-state index contributed by atoms with van der Waals surface area (Å²) in [6.45, 7) is 9.12. The van der Waals surface area contributed by atoms with E-state index in [1.807, 2.05) is 19.1 Å². The molecular weight excluding hydrogens is 398 g/mol. The van der Waals surface area contributed by atoms with E-state index < -0.39 is 0 Å². The number of ether oxygens (including phenoxy) is 1. The molecule has 0 unspecified atom stereocenters. The second-order valence-corrected chi connectivity index (χ2v) is 9.56. The summed E-state index contributed by atoms with van der Waals surface area (Å²) in [6.07, 6.45) is 3.33. The van der Waals surface area contributed by atoms with E-state index in [9.17, 15) is 4.79 Å². The van der Waals surface area contributed by atoms with Crippen molar-refractivity contribution in [2.75, 3.05) is 26.7 Å². The van der Waals surface area contributed by atoms with E-state index in [1.54, 1.807) is 7.11 Å². The van der Waals surface area contributed by atoms with Gasteiger partial charge in [-0.2, -0.15) is 0 Å².